The second-order valence-electron chi connectivity index (χ2n) is 6.53. The van der Waals surface area contributed by atoms with Gasteiger partial charge in [-0.2, -0.15) is 0 Å². The molecule has 120 valence electrons. The lowest BCUT2D eigenvalue weighted by Crippen LogP contribution is -2.41. The highest BCUT2D eigenvalue weighted by molar-refractivity contribution is 6.00. The second-order valence-corrected chi connectivity index (χ2v) is 6.53. The van der Waals surface area contributed by atoms with Crippen molar-refractivity contribution in [1.29, 1.82) is 0 Å². The number of imide groups is 1. The molecule has 0 saturated carbocycles. The summed E-state index contributed by atoms with van der Waals surface area (Å²) < 4.78 is 2.00. The lowest BCUT2D eigenvalue weighted by Gasteiger charge is -2.24. The monoisotopic (exact) mass is 311 g/mol. The van der Waals surface area contributed by atoms with Crippen LogP contribution in [0.4, 0.5) is 0 Å². The molecule has 0 aliphatic carbocycles. The fourth-order valence-electron chi connectivity index (χ4n) is 3.81. The predicted octanol–water partition coefficient (Wildman–Crippen LogP) is 2.09. The Balaban J connectivity index is 1.65. The Labute approximate surface area is 135 Å². The van der Waals surface area contributed by atoms with Crippen LogP contribution in [0.25, 0.3) is 10.9 Å². The molecule has 2 N–H and O–H groups in total. The number of piperidine rings is 2. The predicted molar refractivity (Wildman–Crippen MR) is 88.2 cm³/mol. The van der Waals surface area contributed by atoms with Gasteiger partial charge in [-0.15, -0.1) is 0 Å². The lowest BCUT2D eigenvalue weighted by atomic mass is 9.90. The summed E-state index contributed by atoms with van der Waals surface area (Å²) in [5.74, 6) is 0.261. The van der Waals surface area contributed by atoms with Gasteiger partial charge in [0.25, 0.3) is 0 Å². The van der Waals surface area contributed by atoms with Gasteiger partial charge in [0, 0.05) is 18.1 Å². The fraction of sp³-hybridized carbons (Fsp3) is 0.444. The van der Waals surface area contributed by atoms with Crippen LogP contribution in [-0.4, -0.2) is 29.5 Å². The van der Waals surface area contributed by atoms with E-state index >= 15 is 0 Å². The van der Waals surface area contributed by atoms with Crippen LogP contribution in [0.1, 0.15) is 43.2 Å². The van der Waals surface area contributed by atoms with E-state index in [-0.39, 0.29) is 17.9 Å². The van der Waals surface area contributed by atoms with E-state index < -0.39 is 0 Å². The molecule has 1 aromatic heterocycles. The van der Waals surface area contributed by atoms with Gasteiger partial charge in [-0.05, 0) is 67.4 Å². The third-order valence-electron chi connectivity index (χ3n) is 5.10. The Morgan fingerprint density at radius 2 is 1.87 bits per heavy atom. The van der Waals surface area contributed by atoms with Gasteiger partial charge in [-0.25, -0.2) is 0 Å². The molecule has 1 atom stereocenters. The molecule has 2 fully saturated rings. The van der Waals surface area contributed by atoms with Crippen LogP contribution in [0.5, 0.6) is 0 Å². The molecule has 2 aliphatic heterocycles. The Kier molecular flexibility index (Phi) is 3.65. The van der Waals surface area contributed by atoms with E-state index in [1.165, 1.54) is 23.8 Å². The second kappa shape index (κ2) is 5.81. The Morgan fingerprint density at radius 1 is 1.04 bits per heavy atom. The number of amides is 2. The van der Waals surface area contributed by atoms with Crippen LogP contribution in [0, 0.1) is 0 Å². The van der Waals surface area contributed by atoms with E-state index in [0.29, 0.717) is 18.8 Å². The average molecular weight is 311 g/mol. The molecule has 0 spiro atoms. The zero-order valence-corrected chi connectivity index (χ0v) is 13.0. The van der Waals surface area contributed by atoms with Crippen molar-refractivity contribution < 1.29 is 9.59 Å². The molecule has 1 unspecified atom stereocenters. The minimum absolute atomic E-state index is 0.170. The maximum absolute atomic E-state index is 12.1. The number of hydrogen-bond donors (Lipinski definition) is 2. The molecular formula is C18H21N3O2. The molecule has 5 heteroatoms. The highest BCUT2D eigenvalue weighted by atomic mass is 16.2. The van der Waals surface area contributed by atoms with E-state index in [1.807, 2.05) is 10.8 Å². The highest BCUT2D eigenvalue weighted by Crippen LogP contribution is 2.30. The normalized spacial score (nSPS) is 23.2. The summed E-state index contributed by atoms with van der Waals surface area (Å²) in [6.07, 6.45) is 5.31. The number of benzene rings is 1. The first kappa shape index (κ1) is 14.5. The largest absolute Gasteiger partial charge is 0.335 e. The number of carbonyl (C=O) groups excluding carboxylic acids is 2. The molecule has 0 bridgehead atoms. The number of hydrogen-bond acceptors (Lipinski definition) is 3. The average Bonchev–Trinajstić information content (AvgIpc) is 2.99. The van der Waals surface area contributed by atoms with Crippen molar-refractivity contribution in [2.45, 2.75) is 37.6 Å². The molecule has 2 saturated heterocycles. The van der Waals surface area contributed by atoms with E-state index in [4.69, 9.17) is 0 Å². The summed E-state index contributed by atoms with van der Waals surface area (Å²) in [6, 6.07) is 8.36. The number of carbonyl (C=O) groups is 2. The molecule has 5 nitrogen and oxygen atoms in total. The van der Waals surface area contributed by atoms with Crippen molar-refractivity contribution in [1.82, 2.24) is 15.2 Å². The van der Waals surface area contributed by atoms with Gasteiger partial charge in [0.15, 0.2) is 0 Å². The van der Waals surface area contributed by atoms with Gasteiger partial charge in [-0.3, -0.25) is 14.9 Å². The first-order valence-corrected chi connectivity index (χ1v) is 8.37. The van der Waals surface area contributed by atoms with Crippen molar-refractivity contribution in [3.63, 3.8) is 0 Å². The molecule has 2 amide bonds. The lowest BCUT2D eigenvalue weighted by molar-refractivity contribution is -0.135. The summed E-state index contributed by atoms with van der Waals surface area (Å²) in [7, 11) is 0. The number of aromatic nitrogens is 1. The van der Waals surface area contributed by atoms with Crippen LogP contribution in [0.15, 0.2) is 30.5 Å². The standard InChI is InChI=1S/C18H21N3O2/c22-17-4-3-16(18(23)20-17)21-10-7-14-11-13(1-2-15(14)21)12-5-8-19-9-6-12/h1-2,7,10-12,16,19H,3-6,8-9H2,(H,20,22,23). The number of fused-ring (bicyclic) bond motifs is 1. The zero-order valence-electron chi connectivity index (χ0n) is 13.0. The molecule has 2 aliphatic rings. The Morgan fingerprint density at radius 3 is 2.65 bits per heavy atom. The van der Waals surface area contributed by atoms with E-state index in [2.05, 4.69) is 34.9 Å². The van der Waals surface area contributed by atoms with Gasteiger partial charge in [0.05, 0.1) is 0 Å². The van der Waals surface area contributed by atoms with E-state index in [0.717, 1.165) is 18.6 Å². The first-order chi connectivity index (χ1) is 11.2. The molecule has 4 rings (SSSR count). The van der Waals surface area contributed by atoms with Gasteiger partial charge in [0.1, 0.15) is 6.04 Å². The number of rotatable bonds is 2. The molecule has 1 aromatic carbocycles. The fourth-order valence-corrected chi connectivity index (χ4v) is 3.81. The van der Waals surface area contributed by atoms with Gasteiger partial charge >= 0.3 is 0 Å². The number of nitrogens with zero attached hydrogens (tertiary/aromatic N) is 1. The van der Waals surface area contributed by atoms with Crippen LogP contribution in [-0.2, 0) is 9.59 Å². The summed E-state index contributed by atoms with van der Waals surface area (Å²) >= 11 is 0. The topological polar surface area (TPSA) is 63.1 Å². The van der Waals surface area contributed by atoms with Crippen molar-refractivity contribution in [3.8, 4) is 0 Å². The SMILES string of the molecule is O=C1CCC(n2ccc3cc(C4CCNCC4)ccc32)C(=O)N1. The number of nitrogens with one attached hydrogen (secondary N) is 2. The van der Waals surface area contributed by atoms with Crippen molar-refractivity contribution >= 4 is 22.7 Å². The third kappa shape index (κ3) is 2.65. The Bertz CT molecular complexity index is 759. The zero-order chi connectivity index (χ0) is 15.8. The summed E-state index contributed by atoms with van der Waals surface area (Å²) in [5, 5.41) is 7.01. The molecule has 23 heavy (non-hydrogen) atoms. The highest BCUT2D eigenvalue weighted by Gasteiger charge is 2.28. The first-order valence-electron chi connectivity index (χ1n) is 8.37. The van der Waals surface area contributed by atoms with Crippen molar-refractivity contribution in [3.05, 3.63) is 36.0 Å². The summed E-state index contributed by atoms with van der Waals surface area (Å²) in [6.45, 7) is 2.17. The van der Waals surface area contributed by atoms with Crippen molar-refractivity contribution in [2.75, 3.05) is 13.1 Å². The minimum Gasteiger partial charge on any atom is -0.335 e. The summed E-state index contributed by atoms with van der Waals surface area (Å²) in [5.41, 5.74) is 2.46. The van der Waals surface area contributed by atoms with Gasteiger partial charge in [-0.1, -0.05) is 6.07 Å². The summed E-state index contributed by atoms with van der Waals surface area (Å²) in [4.78, 5) is 23.4. The quantitative estimate of drug-likeness (QED) is 0.835. The smallest absolute Gasteiger partial charge is 0.249 e. The van der Waals surface area contributed by atoms with Crippen LogP contribution in [0.2, 0.25) is 0 Å². The van der Waals surface area contributed by atoms with Crippen LogP contribution < -0.4 is 10.6 Å². The molecule has 2 aromatic rings. The van der Waals surface area contributed by atoms with Crippen molar-refractivity contribution in [2.24, 2.45) is 0 Å². The van der Waals surface area contributed by atoms with Crippen LogP contribution in [0.3, 0.4) is 0 Å². The van der Waals surface area contributed by atoms with Gasteiger partial charge in [0.2, 0.25) is 11.8 Å². The van der Waals surface area contributed by atoms with Crippen LogP contribution >= 0.6 is 0 Å². The van der Waals surface area contributed by atoms with E-state index in [1.54, 1.807) is 0 Å². The minimum atomic E-state index is -0.282. The maximum Gasteiger partial charge on any atom is 0.249 e. The Hall–Kier alpha value is -2.14. The molecule has 0 radical (unpaired) electrons. The third-order valence-corrected chi connectivity index (χ3v) is 5.10. The molecular weight excluding hydrogens is 290 g/mol. The molecule has 3 heterocycles. The van der Waals surface area contributed by atoms with E-state index in [9.17, 15) is 9.59 Å². The maximum atomic E-state index is 12.1. The van der Waals surface area contributed by atoms with Gasteiger partial charge < -0.3 is 9.88 Å².